The number of amides is 1. The van der Waals surface area contributed by atoms with Crippen molar-refractivity contribution in [2.75, 3.05) is 11.9 Å². The van der Waals surface area contributed by atoms with Crippen LogP contribution in [0.1, 0.15) is 25.1 Å². The lowest BCUT2D eigenvalue weighted by Gasteiger charge is -2.07. The molecule has 114 valence electrons. The van der Waals surface area contributed by atoms with Crippen LogP contribution in [0.15, 0.2) is 12.1 Å². The van der Waals surface area contributed by atoms with E-state index in [0.717, 1.165) is 0 Å². The van der Waals surface area contributed by atoms with Crippen molar-refractivity contribution in [1.29, 1.82) is 0 Å². The Labute approximate surface area is 117 Å². The maximum Gasteiger partial charge on any atom is 0.453 e. The molecule has 2 rings (SSSR count). The van der Waals surface area contributed by atoms with E-state index in [1.165, 1.54) is 12.1 Å². The van der Waals surface area contributed by atoms with E-state index in [0.29, 0.717) is 23.9 Å². The zero-order valence-electron chi connectivity index (χ0n) is 10.9. The molecule has 2 aromatic rings. The highest BCUT2D eigenvalue weighted by Crippen LogP contribution is 2.27. The molecule has 0 aliphatic rings. The molecule has 0 atom stereocenters. The highest BCUT2D eigenvalue weighted by Gasteiger charge is 2.37. The van der Waals surface area contributed by atoms with Gasteiger partial charge in [-0.25, -0.2) is 0 Å². The van der Waals surface area contributed by atoms with Crippen LogP contribution in [-0.4, -0.2) is 32.3 Å². The summed E-state index contributed by atoms with van der Waals surface area (Å²) in [6.45, 7) is 0.468. The fraction of sp³-hybridized carbons (Fsp3) is 0.455. The molecule has 0 aliphatic heterocycles. The number of primary amides is 1. The van der Waals surface area contributed by atoms with Crippen molar-refractivity contribution in [3.8, 4) is 0 Å². The molecule has 0 spiro atoms. The van der Waals surface area contributed by atoms with Crippen molar-refractivity contribution in [2.45, 2.75) is 25.4 Å². The predicted molar refractivity (Wildman–Crippen MR) is 67.3 cm³/mol. The van der Waals surface area contributed by atoms with Crippen molar-refractivity contribution in [2.24, 2.45) is 5.73 Å². The lowest BCUT2D eigenvalue weighted by atomic mass is 10.2. The minimum atomic E-state index is -4.62. The molecular weight excluding hydrogens is 289 g/mol. The number of rotatable bonds is 6. The first kappa shape index (κ1) is 15.0. The zero-order valence-corrected chi connectivity index (χ0v) is 10.9. The first-order chi connectivity index (χ1) is 9.88. The van der Waals surface area contributed by atoms with Gasteiger partial charge in [-0.15, -0.1) is 15.3 Å². The molecule has 0 fully saturated rings. The second-order valence-electron chi connectivity index (χ2n) is 4.36. The van der Waals surface area contributed by atoms with Gasteiger partial charge in [-0.3, -0.25) is 4.79 Å². The topological polar surface area (TPSA) is 98.2 Å². The summed E-state index contributed by atoms with van der Waals surface area (Å²) in [5, 5.41) is 13.2. The molecular formula is C11H13F3N6O. The summed E-state index contributed by atoms with van der Waals surface area (Å²) in [5.41, 5.74) is 5.01. The monoisotopic (exact) mass is 302 g/mol. The van der Waals surface area contributed by atoms with Crippen molar-refractivity contribution >= 4 is 17.4 Å². The maximum atomic E-state index is 12.7. The summed E-state index contributed by atoms with van der Waals surface area (Å²) in [5.74, 6) is -1.28. The number of aromatic nitrogens is 4. The second-order valence-corrected chi connectivity index (χ2v) is 4.36. The SMILES string of the molecule is NC(=O)CCCCNc1ccc2nnc(C(F)(F)F)n2n1. The van der Waals surface area contributed by atoms with Gasteiger partial charge in [-0.2, -0.15) is 17.7 Å². The lowest BCUT2D eigenvalue weighted by molar-refractivity contribution is -0.146. The minimum absolute atomic E-state index is 0.0154. The number of anilines is 1. The third-order valence-corrected chi connectivity index (χ3v) is 2.67. The van der Waals surface area contributed by atoms with Gasteiger partial charge in [0.05, 0.1) is 0 Å². The van der Waals surface area contributed by atoms with Gasteiger partial charge in [-0.05, 0) is 25.0 Å². The van der Waals surface area contributed by atoms with Gasteiger partial charge >= 0.3 is 6.18 Å². The van der Waals surface area contributed by atoms with Gasteiger partial charge in [0, 0.05) is 13.0 Å². The van der Waals surface area contributed by atoms with E-state index >= 15 is 0 Å². The lowest BCUT2D eigenvalue weighted by Crippen LogP contribution is -2.14. The molecule has 0 saturated heterocycles. The van der Waals surface area contributed by atoms with Crippen LogP contribution in [0.4, 0.5) is 19.0 Å². The van der Waals surface area contributed by atoms with Gasteiger partial charge < -0.3 is 11.1 Å². The molecule has 0 aliphatic carbocycles. The quantitative estimate of drug-likeness (QED) is 0.782. The summed E-state index contributed by atoms with van der Waals surface area (Å²) in [7, 11) is 0. The van der Waals surface area contributed by atoms with Crippen LogP contribution in [0.25, 0.3) is 5.65 Å². The van der Waals surface area contributed by atoms with Crippen molar-refractivity contribution in [3.05, 3.63) is 18.0 Å². The Morgan fingerprint density at radius 2 is 2.05 bits per heavy atom. The first-order valence-corrected chi connectivity index (χ1v) is 6.20. The molecule has 2 aromatic heterocycles. The standard InChI is InChI=1S/C11H13F3N6O/c12-11(13,14)10-18-17-9-5-4-8(19-20(9)10)16-6-2-1-3-7(15)21/h4-5H,1-3,6H2,(H2,15,21)(H,16,19). The number of nitrogens with zero attached hydrogens (tertiary/aromatic N) is 4. The van der Waals surface area contributed by atoms with E-state index in [1.54, 1.807) is 0 Å². The van der Waals surface area contributed by atoms with Gasteiger partial charge in [0.1, 0.15) is 5.82 Å². The van der Waals surface area contributed by atoms with Crippen LogP contribution in [0.2, 0.25) is 0 Å². The number of hydrogen-bond donors (Lipinski definition) is 2. The number of nitrogens with one attached hydrogen (secondary N) is 1. The first-order valence-electron chi connectivity index (χ1n) is 6.20. The Kier molecular flexibility index (Phi) is 4.24. The average molecular weight is 302 g/mol. The molecule has 0 aromatic carbocycles. The van der Waals surface area contributed by atoms with Crippen LogP contribution < -0.4 is 11.1 Å². The third kappa shape index (κ3) is 3.80. The molecule has 0 bridgehead atoms. The molecule has 3 N–H and O–H groups in total. The second kappa shape index (κ2) is 5.94. The summed E-state index contributed by atoms with van der Waals surface area (Å²) in [6, 6.07) is 2.90. The number of unbranched alkanes of at least 4 members (excludes halogenated alkanes) is 1. The summed E-state index contributed by atoms with van der Waals surface area (Å²) >= 11 is 0. The molecule has 7 nitrogen and oxygen atoms in total. The van der Waals surface area contributed by atoms with Gasteiger partial charge in [0.2, 0.25) is 5.91 Å². The Balaban J connectivity index is 2.03. The van der Waals surface area contributed by atoms with Gasteiger partial charge in [-0.1, -0.05) is 0 Å². The third-order valence-electron chi connectivity index (χ3n) is 2.67. The molecule has 0 saturated carbocycles. The van der Waals surface area contributed by atoms with Crippen LogP contribution >= 0.6 is 0 Å². The highest BCUT2D eigenvalue weighted by molar-refractivity contribution is 5.73. The molecule has 2 heterocycles. The smallest absolute Gasteiger partial charge is 0.370 e. The van der Waals surface area contributed by atoms with Crippen LogP contribution in [0.3, 0.4) is 0 Å². The van der Waals surface area contributed by atoms with Crippen LogP contribution in [0.5, 0.6) is 0 Å². The Morgan fingerprint density at radius 3 is 2.71 bits per heavy atom. The number of alkyl halides is 3. The molecule has 0 unspecified atom stereocenters. The number of fused-ring (bicyclic) bond motifs is 1. The molecule has 21 heavy (non-hydrogen) atoms. The Hall–Kier alpha value is -2.39. The van der Waals surface area contributed by atoms with Crippen LogP contribution in [-0.2, 0) is 11.0 Å². The molecule has 0 radical (unpaired) electrons. The van der Waals surface area contributed by atoms with Crippen molar-refractivity contribution < 1.29 is 18.0 Å². The number of halogens is 3. The average Bonchev–Trinajstić information content (AvgIpc) is 2.80. The molecule has 10 heteroatoms. The Morgan fingerprint density at radius 1 is 1.29 bits per heavy atom. The van der Waals surface area contributed by atoms with Crippen LogP contribution in [0, 0.1) is 0 Å². The molecule has 1 amide bonds. The number of nitrogens with two attached hydrogens (primary N) is 1. The zero-order chi connectivity index (χ0) is 15.5. The van der Waals surface area contributed by atoms with E-state index in [-0.39, 0.29) is 23.8 Å². The largest absolute Gasteiger partial charge is 0.453 e. The summed E-state index contributed by atoms with van der Waals surface area (Å²) in [4.78, 5) is 10.5. The normalized spacial score (nSPS) is 11.8. The van der Waals surface area contributed by atoms with Gasteiger partial charge in [0.25, 0.3) is 5.82 Å². The van der Waals surface area contributed by atoms with E-state index in [1.807, 2.05) is 0 Å². The Bertz CT molecular complexity index is 638. The van der Waals surface area contributed by atoms with E-state index in [2.05, 4.69) is 20.6 Å². The number of carbonyl (C=O) groups excluding carboxylic acids is 1. The minimum Gasteiger partial charge on any atom is -0.370 e. The van der Waals surface area contributed by atoms with Crippen molar-refractivity contribution in [1.82, 2.24) is 19.8 Å². The van der Waals surface area contributed by atoms with Gasteiger partial charge in [0.15, 0.2) is 5.65 Å². The van der Waals surface area contributed by atoms with E-state index in [9.17, 15) is 18.0 Å². The predicted octanol–water partition coefficient (Wildman–Crippen LogP) is 1.21. The highest BCUT2D eigenvalue weighted by atomic mass is 19.4. The summed E-state index contributed by atoms with van der Waals surface area (Å²) in [6.07, 6.45) is -3.09. The van der Waals surface area contributed by atoms with E-state index < -0.39 is 12.0 Å². The fourth-order valence-electron chi connectivity index (χ4n) is 1.70. The van der Waals surface area contributed by atoms with E-state index in [4.69, 9.17) is 5.73 Å². The van der Waals surface area contributed by atoms with Crippen molar-refractivity contribution in [3.63, 3.8) is 0 Å². The summed E-state index contributed by atoms with van der Waals surface area (Å²) < 4.78 is 38.7. The maximum absolute atomic E-state index is 12.7. The number of carbonyl (C=O) groups is 1. The number of hydrogen-bond acceptors (Lipinski definition) is 5. The fourth-order valence-corrected chi connectivity index (χ4v) is 1.70.